The zero-order valence-electron chi connectivity index (χ0n) is 27.7. The van der Waals surface area contributed by atoms with Crippen LogP contribution < -0.4 is 23.2 Å². The average molecular weight is 730 g/mol. The number of nitrogens with zero attached hydrogens (tertiary/aromatic N) is 1. The number of anilines is 1. The number of carboxylic acid groups (broad SMARTS) is 1. The molecule has 5 aromatic rings. The molecule has 12 nitrogen and oxygen atoms in total. The Balaban J connectivity index is 1.42. The lowest BCUT2D eigenvalue weighted by Crippen LogP contribution is -2.48. The minimum Gasteiger partial charge on any atom is -0.497 e. The molecule has 1 atom stereocenters. The first-order valence-corrected chi connectivity index (χ1v) is 18.8. The number of carbonyl (C=O) groups excluding carboxylic acids is 1. The molecular weight excluding hydrogens is 695 g/mol. The first kappa shape index (κ1) is 35.5. The number of rotatable bonds is 13. The van der Waals surface area contributed by atoms with E-state index < -0.39 is 38.7 Å². The van der Waals surface area contributed by atoms with Crippen molar-refractivity contribution in [2.45, 2.75) is 37.2 Å². The summed E-state index contributed by atoms with van der Waals surface area (Å²) >= 11 is 0. The van der Waals surface area contributed by atoms with E-state index in [1.807, 2.05) is 58.7 Å². The Bertz CT molecular complexity index is 2330. The van der Waals surface area contributed by atoms with E-state index >= 15 is 0 Å². The average Bonchev–Trinajstić information content (AvgIpc) is 3.09. The number of benzene rings is 5. The third-order valence-electron chi connectivity index (χ3n) is 8.43. The summed E-state index contributed by atoms with van der Waals surface area (Å²) in [5, 5.41) is 13.2. The van der Waals surface area contributed by atoms with Crippen LogP contribution in [0.4, 0.5) is 5.69 Å². The quantitative estimate of drug-likeness (QED) is 0.111. The number of ether oxygens (including phenoxy) is 2. The van der Waals surface area contributed by atoms with Crippen molar-refractivity contribution in [1.82, 2.24) is 9.44 Å². The van der Waals surface area contributed by atoms with Crippen molar-refractivity contribution >= 4 is 48.6 Å². The summed E-state index contributed by atoms with van der Waals surface area (Å²) in [6.45, 7) is 1.51. The molecule has 5 aromatic carbocycles. The zero-order valence-corrected chi connectivity index (χ0v) is 29.3. The molecule has 1 aliphatic heterocycles. The van der Waals surface area contributed by atoms with Gasteiger partial charge in [-0.25, -0.2) is 17.5 Å². The predicted molar refractivity (Wildman–Crippen MR) is 192 cm³/mol. The molecule has 0 radical (unpaired) electrons. The molecule has 0 aromatic heterocycles. The van der Waals surface area contributed by atoms with Crippen molar-refractivity contribution in [2.75, 3.05) is 18.0 Å². The van der Waals surface area contributed by atoms with E-state index in [-0.39, 0.29) is 28.8 Å². The highest BCUT2D eigenvalue weighted by Gasteiger charge is 2.37. The first-order valence-electron chi connectivity index (χ1n) is 15.9. The highest BCUT2D eigenvalue weighted by molar-refractivity contribution is 8.05. The lowest BCUT2D eigenvalue weighted by molar-refractivity contribution is -0.137. The topological polar surface area (TPSA) is 168 Å². The summed E-state index contributed by atoms with van der Waals surface area (Å²) in [5.41, 5.74) is 4.03. The van der Waals surface area contributed by atoms with Crippen molar-refractivity contribution in [1.29, 1.82) is 0 Å². The second-order valence-corrected chi connectivity index (χ2v) is 15.6. The summed E-state index contributed by atoms with van der Waals surface area (Å²) < 4.78 is 68.9. The number of hydrogen-bond acceptors (Lipinski definition) is 9. The number of carbonyl (C=O) groups is 2. The van der Waals surface area contributed by atoms with Crippen LogP contribution in [0.3, 0.4) is 0 Å². The van der Waals surface area contributed by atoms with Gasteiger partial charge in [-0.15, -0.1) is 0 Å². The van der Waals surface area contributed by atoms with E-state index in [4.69, 9.17) is 14.6 Å². The second-order valence-electron chi connectivity index (χ2n) is 12.1. The highest BCUT2D eigenvalue weighted by Crippen LogP contribution is 2.39. The summed E-state index contributed by atoms with van der Waals surface area (Å²) in [6.07, 6.45) is 0.324. The summed E-state index contributed by atoms with van der Waals surface area (Å²) in [5.74, 6) is -1.56. The first-order chi connectivity index (χ1) is 24.3. The summed E-state index contributed by atoms with van der Waals surface area (Å²) in [6, 6.07) is 29.5. The molecule has 0 amide bonds. The molecule has 0 fully saturated rings. The van der Waals surface area contributed by atoms with Crippen LogP contribution in [0.2, 0.25) is 0 Å². The van der Waals surface area contributed by atoms with Gasteiger partial charge in [0.25, 0.3) is 10.0 Å². The number of hydrogen-bond donors (Lipinski definition) is 3. The SMILES string of the molecule is COc1ccc2c(c1)OC(=O)CN2S(=O)(=O)NS(=O)(=O)c1cc(Cc2ccccc2)c(-c2ccc(CN[C@@H](C)CC(=O)O)cc2)c2ccccc12. The maximum Gasteiger partial charge on any atom is 0.332 e. The molecule has 14 heteroatoms. The predicted octanol–water partition coefficient (Wildman–Crippen LogP) is 5.01. The minimum absolute atomic E-state index is 0.00851. The standard InChI is InChI=1S/C37H35N3O9S2/c1-24(18-35(41)42)38-22-26-12-14-27(15-13-26)37-28(19-25-8-4-3-5-9-25)20-34(30-10-6-7-11-31(30)37)50(44,45)39-51(46,47)40-23-36(43)49-33-21-29(48-2)16-17-32(33)40/h3-17,20-21,24,38-39H,18-19,22-23H2,1-2H3,(H,41,42)/t24-/m0/s1. The van der Waals surface area contributed by atoms with Gasteiger partial charge in [0.1, 0.15) is 12.3 Å². The Morgan fingerprint density at radius 3 is 2.27 bits per heavy atom. The third kappa shape index (κ3) is 7.89. The normalized spacial score (nSPS) is 13.8. The van der Waals surface area contributed by atoms with Crippen molar-refractivity contribution in [3.05, 3.63) is 120 Å². The van der Waals surface area contributed by atoms with Crippen LogP contribution in [-0.2, 0) is 42.8 Å². The lowest BCUT2D eigenvalue weighted by Gasteiger charge is -2.29. The fraction of sp³-hybridized carbons (Fsp3) is 0.189. The number of fused-ring (bicyclic) bond motifs is 2. The van der Waals surface area contributed by atoms with Crippen molar-refractivity contribution in [3.8, 4) is 22.6 Å². The molecule has 0 saturated heterocycles. The van der Waals surface area contributed by atoms with Crippen molar-refractivity contribution in [2.24, 2.45) is 0 Å². The second kappa shape index (κ2) is 14.5. The van der Waals surface area contributed by atoms with Gasteiger partial charge in [-0.05, 0) is 64.7 Å². The van der Waals surface area contributed by atoms with Crippen LogP contribution in [0, 0.1) is 0 Å². The molecule has 1 aliphatic rings. The fourth-order valence-corrected chi connectivity index (χ4v) is 9.32. The Labute approximate surface area is 295 Å². The number of esters is 1. The van der Waals surface area contributed by atoms with E-state index in [0.717, 1.165) is 22.3 Å². The molecule has 6 rings (SSSR count). The van der Waals surface area contributed by atoms with Gasteiger partial charge in [0.2, 0.25) is 0 Å². The molecule has 0 spiro atoms. The lowest BCUT2D eigenvalue weighted by atomic mass is 9.89. The van der Waals surface area contributed by atoms with E-state index in [0.29, 0.717) is 39.4 Å². The fourth-order valence-electron chi connectivity index (χ4n) is 6.04. The molecule has 3 N–H and O–H groups in total. The molecular formula is C37H35N3O9S2. The number of nitrogens with one attached hydrogen (secondary N) is 2. The minimum atomic E-state index is -4.87. The Hall–Kier alpha value is -5.28. The van der Waals surface area contributed by atoms with Crippen molar-refractivity contribution < 1.29 is 41.0 Å². The molecule has 264 valence electrons. The monoisotopic (exact) mass is 729 g/mol. The number of methoxy groups -OCH3 is 1. The zero-order chi connectivity index (χ0) is 36.3. The number of aliphatic carboxylic acids is 1. The van der Waals surface area contributed by atoms with Crippen LogP contribution in [0.25, 0.3) is 21.9 Å². The van der Waals surface area contributed by atoms with Crippen LogP contribution in [0.15, 0.2) is 108 Å². The molecule has 0 aliphatic carbocycles. The Morgan fingerprint density at radius 2 is 1.59 bits per heavy atom. The Morgan fingerprint density at radius 1 is 0.902 bits per heavy atom. The van der Waals surface area contributed by atoms with E-state index in [2.05, 4.69) is 5.32 Å². The maximum atomic E-state index is 14.2. The number of carboxylic acids is 1. The molecule has 0 unspecified atom stereocenters. The van der Waals surface area contributed by atoms with Gasteiger partial charge in [-0.2, -0.15) is 8.42 Å². The summed E-state index contributed by atoms with van der Waals surface area (Å²) in [7, 11) is -8.24. The van der Waals surface area contributed by atoms with E-state index in [9.17, 15) is 26.4 Å². The largest absolute Gasteiger partial charge is 0.497 e. The van der Waals surface area contributed by atoms with Gasteiger partial charge < -0.3 is 19.9 Å². The molecule has 1 heterocycles. The summed E-state index contributed by atoms with van der Waals surface area (Å²) in [4.78, 5) is 23.2. The van der Waals surface area contributed by atoms with Crippen molar-refractivity contribution in [3.63, 3.8) is 0 Å². The van der Waals surface area contributed by atoms with Gasteiger partial charge in [0.15, 0.2) is 5.75 Å². The third-order valence-corrected chi connectivity index (χ3v) is 12.0. The van der Waals surface area contributed by atoms with Gasteiger partial charge >= 0.3 is 22.1 Å². The van der Waals surface area contributed by atoms with Gasteiger partial charge in [0.05, 0.1) is 24.1 Å². The van der Waals surface area contributed by atoms with Gasteiger partial charge in [-0.3, -0.25) is 4.79 Å². The van der Waals surface area contributed by atoms with E-state index in [1.54, 1.807) is 31.2 Å². The Kier molecular flexibility index (Phi) is 10.1. The van der Waals surface area contributed by atoms with Gasteiger partial charge in [-0.1, -0.05) is 83.0 Å². The molecule has 51 heavy (non-hydrogen) atoms. The van der Waals surface area contributed by atoms with Gasteiger partial charge in [0, 0.05) is 24.0 Å². The molecule has 0 bridgehead atoms. The van der Waals surface area contributed by atoms with E-state index in [1.165, 1.54) is 31.4 Å². The smallest absolute Gasteiger partial charge is 0.332 e. The van der Waals surface area contributed by atoms with Crippen LogP contribution in [0.1, 0.15) is 30.0 Å². The van der Waals surface area contributed by atoms with Crippen LogP contribution >= 0.6 is 0 Å². The van der Waals surface area contributed by atoms with Crippen LogP contribution in [0.5, 0.6) is 11.5 Å². The van der Waals surface area contributed by atoms with Crippen LogP contribution in [-0.4, -0.2) is 53.6 Å². The highest BCUT2D eigenvalue weighted by atomic mass is 32.3. The number of sulfonamides is 1. The molecule has 0 saturated carbocycles. The maximum absolute atomic E-state index is 14.2.